The Balaban J connectivity index is 1.56. The van der Waals surface area contributed by atoms with Crippen LogP contribution in [0.1, 0.15) is 32.1 Å². The molecule has 1 aliphatic carbocycles. The van der Waals surface area contributed by atoms with Gasteiger partial charge < -0.3 is 4.74 Å². The number of hydrogen-bond donors (Lipinski definition) is 0. The molecule has 5 nitrogen and oxygen atoms in total. The van der Waals surface area contributed by atoms with Gasteiger partial charge in [0.15, 0.2) is 0 Å². The number of benzene rings is 1. The summed E-state index contributed by atoms with van der Waals surface area (Å²) in [6.45, 7) is 0.121. The van der Waals surface area contributed by atoms with Crippen molar-refractivity contribution in [2.45, 2.75) is 32.1 Å². The zero-order chi connectivity index (χ0) is 15.5. The average Bonchev–Trinajstić information content (AvgIpc) is 2.78. The van der Waals surface area contributed by atoms with Crippen LogP contribution in [0, 0.1) is 11.8 Å². The monoisotopic (exact) mass is 301 g/mol. The molecule has 2 amide bonds. The van der Waals surface area contributed by atoms with Crippen LogP contribution in [0.5, 0.6) is 5.75 Å². The molecule has 0 bridgehead atoms. The van der Waals surface area contributed by atoms with Gasteiger partial charge >= 0.3 is 5.97 Å². The molecule has 5 heteroatoms. The van der Waals surface area contributed by atoms with Crippen LogP contribution in [0.3, 0.4) is 0 Å². The van der Waals surface area contributed by atoms with Crippen LogP contribution in [0.2, 0.25) is 0 Å². The summed E-state index contributed by atoms with van der Waals surface area (Å²) in [5.41, 5.74) is 0. The van der Waals surface area contributed by atoms with Gasteiger partial charge in [-0.1, -0.05) is 31.0 Å². The minimum atomic E-state index is -0.429. The highest BCUT2D eigenvalue weighted by Gasteiger charge is 2.47. The molecular formula is C17H19NO4. The molecule has 0 aromatic heterocycles. The van der Waals surface area contributed by atoms with E-state index in [2.05, 4.69) is 0 Å². The Hall–Kier alpha value is -2.17. The van der Waals surface area contributed by atoms with E-state index in [1.54, 1.807) is 24.3 Å². The second-order valence-electron chi connectivity index (χ2n) is 5.86. The van der Waals surface area contributed by atoms with Crippen molar-refractivity contribution in [3.8, 4) is 5.75 Å². The van der Waals surface area contributed by atoms with Gasteiger partial charge in [-0.05, 0) is 25.0 Å². The largest absolute Gasteiger partial charge is 0.426 e. The number of carbonyl (C=O) groups excluding carboxylic acids is 3. The molecule has 3 rings (SSSR count). The Morgan fingerprint density at radius 3 is 2.23 bits per heavy atom. The molecule has 1 aliphatic heterocycles. The molecule has 22 heavy (non-hydrogen) atoms. The van der Waals surface area contributed by atoms with Gasteiger partial charge in [-0.15, -0.1) is 0 Å². The highest BCUT2D eigenvalue weighted by Crippen LogP contribution is 2.37. The van der Waals surface area contributed by atoms with E-state index in [-0.39, 0.29) is 36.6 Å². The lowest BCUT2D eigenvalue weighted by Gasteiger charge is -2.19. The van der Waals surface area contributed by atoms with Gasteiger partial charge in [0.1, 0.15) is 5.75 Å². The van der Waals surface area contributed by atoms with Crippen molar-refractivity contribution in [2.75, 3.05) is 6.54 Å². The fourth-order valence-electron chi connectivity index (χ4n) is 3.33. The van der Waals surface area contributed by atoms with Gasteiger partial charge in [0.05, 0.1) is 18.3 Å². The molecule has 0 N–H and O–H groups in total. The predicted molar refractivity (Wildman–Crippen MR) is 78.9 cm³/mol. The van der Waals surface area contributed by atoms with Crippen molar-refractivity contribution < 1.29 is 19.1 Å². The highest BCUT2D eigenvalue weighted by molar-refractivity contribution is 6.05. The van der Waals surface area contributed by atoms with Crippen LogP contribution in [-0.4, -0.2) is 29.2 Å². The van der Waals surface area contributed by atoms with E-state index in [0.717, 1.165) is 25.7 Å². The topological polar surface area (TPSA) is 63.7 Å². The first-order valence-electron chi connectivity index (χ1n) is 7.78. The summed E-state index contributed by atoms with van der Waals surface area (Å²) < 4.78 is 5.18. The molecule has 1 heterocycles. The lowest BCUT2D eigenvalue weighted by Crippen LogP contribution is -2.33. The van der Waals surface area contributed by atoms with Crippen LogP contribution in [0.15, 0.2) is 30.3 Å². The fourth-order valence-corrected chi connectivity index (χ4v) is 3.33. The average molecular weight is 301 g/mol. The number of ether oxygens (including phenoxy) is 1. The van der Waals surface area contributed by atoms with Gasteiger partial charge in [0, 0.05) is 6.54 Å². The van der Waals surface area contributed by atoms with Crippen LogP contribution in [0.4, 0.5) is 0 Å². The number of para-hydroxylation sites is 1. The predicted octanol–water partition coefficient (Wildman–Crippen LogP) is 2.16. The third kappa shape index (κ3) is 2.89. The number of esters is 1. The summed E-state index contributed by atoms with van der Waals surface area (Å²) in [5.74, 6) is -0.496. The van der Waals surface area contributed by atoms with E-state index in [4.69, 9.17) is 4.74 Å². The number of fused-ring (bicyclic) bond motifs is 1. The van der Waals surface area contributed by atoms with Crippen LogP contribution < -0.4 is 4.74 Å². The Kier molecular flexibility index (Phi) is 4.22. The van der Waals surface area contributed by atoms with Crippen molar-refractivity contribution in [3.63, 3.8) is 0 Å². The van der Waals surface area contributed by atoms with Crippen molar-refractivity contribution in [1.29, 1.82) is 0 Å². The second kappa shape index (κ2) is 6.30. The third-order valence-electron chi connectivity index (χ3n) is 4.45. The summed E-state index contributed by atoms with van der Waals surface area (Å²) in [4.78, 5) is 37.6. The summed E-state index contributed by atoms with van der Waals surface area (Å²) >= 11 is 0. The molecule has 2 unspecified atom stereocenters. The number of likely N-dealkylation sites (tertiary alicyclic amines) is 1. The Morgan fingerprint density at radius 1 is 1.05 bits per heavy atom. The zero-order valence-electron chi connectivity index (χ0n) is 12.4. The maximum atomic E-state index is 12.3. The van der Waals surface area contributed by atoms with E-state index in [1.807, 2.05) is 6.07 Å². The van der Waals surface area contributed by atoms with Crippen molar-refractivity contribution in [1.82, 2.24) is 4.90 Å². The quantitative estimate of drug-likeness (QED) is 0.485. The minimum absolute atomic E-state index is 0.0335. The minimum Gasteiger partial charge on any atom is -0.426 e. The molecule has 116 valence electrons. The number of rotatable bonds is 4. The third-order valence-corrected chi connectivity index (χ3v) is 4.45. The highest BCUT2D eigenvalue weighted by atomic mass is 16.5. The lowest BCUT2D eigenvalue weighted by molar-refractivity contribution is -0.141. The molecule has 1 saturated carbocycles. The van der Waals surface area contributed by atoms with E-state index in [0.29, 0.717) is 5.75 Å². The van der Waals surface area contributed by atoms with Crippen LogP contribution in [0.25, 0.3) is 0 Å². The van der Waals surface area contributed by atoms with Gasteiger partial charge in [0.25, 0.3) is 0 Å². The normalized spacial score (nSPS) is 24.3. The number of nitrogens with zero attached hydrogens (tertiary/aromatic N) is 1. The maximum Gasteiger partial charge on any atom is 0.312 e. The van der Waals surface area contributed by atoms with E-state index < -0.39 is 5.97 Å². The van der Waals surface area contributed by atoms with Gasteiger partial charge in [-0.25, -0.2) is 0 Å². The van der Waals surface area contributed by atoms with E-state index in [9.17, 15) is 14.4 Å². The lowest BCUT2D eigenvalue weighted by atomic mass is 9.81. The van der Waals surface area contributed by atoms with E-state index in [1.165, 1.54) is 4.90 Å². The molecule has 0 radical (unpaired) electrons. The first-order chi connectivity index (χ1) is 10.7. The molecular weight excluding hydrogens is 282 g/mol. The summed E-state index contributed by atoms with van der Waals surface area (Å²) in [6, 6.07) is 8.78. The SMILES string of the molecule is O=C(CCN1C(=O)C2CCCCC2C1=O)Oc1ccccc1. The number of carbonyl (C=O) groups is 3. The van der Waals surface area contributed by atoms with Gasteiger partial charge in [-0.2, -0.15) is 0 Å². The van der Waals surface area contributed by atoms with Gasteiger partial charge in [0.2, 0.25) is 11.8 Å². The molecule has 2 fully saturated rings. The van der Waals surface area contributed by atoms with Crippen molar-refractivity contribution in [2.24, 2.45) is 11.8 Å². The van der Waals surface area contributed by atoms with Crippen LogP contribution >= 0.6 is 0 Å². The fraction of sp³-hybridized carbons (Fsp3) is 0.471. The first kappa shape index (κ1) is 14.8. The smallest absolute Gasteiger partial charge is 0.312 e. The van der Waals surface area contributed by atoms with Crippen LogP contribution in [-0.2, 0) is 14.4 Å². The van der Waals surface area contributed by atoms with Crippen molar-refractivity contribution in [3.05, 3.63) is 30.3 Å². The molecule has 1 aromatic rings. The maximum absolute atomic E-state index is 12.3. The molecule has 1 saturated heterocycles. The Bertz CT molecular complexity index is 560. The summed E-state index contributed by atoms with van der Waals surface area (Å²) in [6.07, 6.45) is 3.63. The number of amides is 2. The van der Waals surface area contributed by atoms with Gasteiger partial charge in [-0.3, -0.25) is 19.3 Å². The standard InChI is InChI=1S/C17H19NO4/c19-15(22-12-6-2-1-3-7-12)10-11-18-16(20)13-8-4-5-9-14(13)17(18)21/h1-3,6-7,13-14H,4-5,8-11H2. The Morgan fingerprint density at radius 2 is 1.64 bits per heavy atom. The number of hydrogen-bond acceptors (Lipinski definition) is 4. The molecule has 0 spiro atoms. The molecule has 2 atom stereocenters. The Labute approximate surface area is 129 Å². The number of imide groups is 1. The summed E-state index contributed by atoms with van der Waals surface area (Å²) in [7, 11) is 0. The van der Waals surface area contributed by atoms with Crippen molar-refractivity contribution >= 4 is 17.8 Å². The first-order valence-corrected chi connectivity index (χ1v) is 7.78. The molecule has 1 aromatic carbocycles. The van der Waals surface area contributed by atoms with E-state index >= 15 is 0 Å². The second-order valence-corrected chi connectivity index (χ2v) is 5.86. The zero-order valence-corrected chi connectivity index (χ0v) is 12.4. The summed E-state index contributed by atoms with van der Waals surface area (Å²) in [5, 5.41) is 0. The molecule has 2 aliphatic rings.